The number of rotatable bonds is 10. The highest BCUT2D eigenvalue weighted by Gasteiger charge is 2.14. The van der Waals surface area contributed by atoms with Crippen molar-refractivity contribution >= 4 is 44.9 Å². The van der Waals surface area contributed by atoms with Crippen molar-refractivity contribution in [2.75, 3.05) is 26.9 Å². The monoisotopic (exact) mass is 515 g/mol. The van der Waals surface area contributed by atoms with Gasteiger partial charge in [-0.3, -0.25) is 9.78 Å². The molecule has 0 spiro atoms. The van der Waals surface area contributed by atoms with E-state index in [0.717, 1.165) is 5.39 Å². The summed E-state index contributed by atoms with van der Waals surface area (Å²) in [7, 11) is 1.47. The molecule has 0 bridgehead atoms. The summed E-state index contributed by atoms with van der Waals surface area (Å²) < 4.78 is 21.8. The number of para-hydroxylation sites is 1. The number of hydrazone groups is 1. The van der Waals surface area contributed by atoms with E-state index in [2.05, 4.69) is 31.4 Å². The lowest BCUT2D eigenvalue weighted by Crippen LogP contribution is -2.24. The number of halogens is 1. The lowest BCUT2D eigenvalue weighted by atomic mass is 10.2. The van der Waals surface area contributed by atoms with Gasteiger partial charge in [0.05, 0.1) is 24.4 Å². The number of hydrogen-bond donors (Lipinski definition) is 1. The summed E-state index contributed by atoms with van der Waals surface area (Å²) >= 11 is 3.39. The maximum atomic E-state index is 12.1. The molecule has 10 heteroatoms. The van der Waals surface area contributed by atoms with Crippen LogP contribution in [0.15, 0.2) is 58.2 Å². The molecule has 1 heterocycles. The van der Waals surface area contributed by atoms with Gasteiger partial charge in [-0.1, -0.05) is 18.2 Å². The Morgan fingerprint density at radius 2 is 1.94 bits per heavy atom. The highest BCUT2D eigenvalue weighted by Crippen LogP contribution is 2.36. The van der Waals surface area contributed by atoms with Crippen LogP contribution in [0.4, 0.5) is 0 Å². The van der Waals surface area contributed by atoms with E-state index in [1.165, 1.54) is 13.3 Å². The van der Waals surface area contributed by atoms with Crippen molar-refractivity contribution in [2.45, 2.75) is 6.92 Å². The molecule has 1 N–H and O–H groups in total. The van der Waals surface area contributed by atoms with Crippen LogP contribution in [0.3, 0.4) is 0 Å². The zero-order valence-corrected chi connectivity index (χ0v) is 19.6. The summed E-state index contributed by atoms with van der Waals surface area (Å²) in [6, 6.07) is 12.6. The van der Waals surface area contributed by atoms with Gasteiger partial charge in [0.2, 0.25) is 0 Å². The van der Waals surface area contributed by atoms with E-state index in [9.17, 15) is 9.59 Å². The number of esters is 1. The fraction of sp³-hybridized carbons (Fsp3) is 0.217. The molecule has 0 saturated carbocycles. The van der Waals surface area contributed by atoms with E-state index >= 15 is 0 Å². The predicted octanol–water partition coefficient (Wildman–Crippen LogP) is 3.48. The Bertz CT molecular complexity index is 1160. The number of hydrogen-bond acceptors (Lipinski definition) is 8. The lowest BCUT2D eigenvalue weighted by Gasteiger charge is -2.13. The van der Waals surface area contributed by atoms with Crippen molar-refractivity contribution in [3.63, 3.8) is 0 Å². The molecule has 0 aliphatic rings. The van der Waals surface area contributed by atoms with Crippen LogP contribution in [0.1, 0.15) is 12.5 Å². The largest absolute Gasteiger partial charge is 0.493 e. The number of pyridine rings is 1. The summed E-state index contributed by atoms with van der Waals surface area (Å²) in [5.41, 5.74) is 3.72. The number of aromatic nitrogens is 1. The minimum absolute atomic E-state index is 0.222. The summed E-state index contributed by atoms with van der Waals surface area (Å²) in [4.78, 5) is 27.9. The molecular formula is C23H22BrN3O6. The van der Waals surface area contributed by atoms with Gasteiger partial charge in [-0.2, -0.15) is 5.10 Å². The molecule has 0 unspecified atom stereocenters. The Hall–Kier alpha value is -3.66. The quantitative estimate of drug-likeness (QED) is 0.250. The highest BCUT2D eigenvalue weighted by molar-refractivity contribution is 9.10. The standard InChI is InChI=1S/C23H22BrN3O6/c1-3-31-21(29)14-33-23-17(24)10-15(11-19(23)30-2)12-26-27-20(28)13-32-18-8-4-6-16-7-5-9-25-22(16)18/h4-12H,3,13-14H2,1-2H3,(H,27,28)/b26-12+. The molecule has 0 radical (unpaired) electrons. The summed E-state index contributed by atoms with van der Waals surface area (Å²) in [5, 5.41) is 4.87. The van der Waals surface area contributed by atoms with E-state index in [1.807, 2.05) is 24.3 Å². The molecule has 0 atom stereocenters. The van der Waals surface area contributed by atoms with E-state index in [0.29, 0.717) is 32.8 Å². The topological polar surface area (TPSA) is 108 Å². The van der Waals surface area contributed by atoms with Crippen LogP contribution in [0.2, 0.25) is 0 Å². The van der Waals surface area contributed by atoms with Gasteiger partial charge in [0, 0.05) is 11.6 Å². The zero-order chi connectivity index (χ0) is 23.6. The lowest BCUT2D eigenvalue weighted by molar-refractivity contribution is -0.145. The molecule has 1 aromatic heterocycles. The van der Waals surface area contributed by atoms with Crippen LogP contribution in [0, 0.1) is 0 Å². The third-order valence-corrected chi connectivity index (χ3v) is 4.84. The van der Waals surface area contributed by atoms with Gasteiger partial charge >= 0.3 is 5.97 Å². The van der Waals surface area contributed by atoms with Crippen molar-refractivity contribution in [3.8, 4) is 17.2 Å². The first-order valence-electron chi connectivity index (χ1n) is 9.96. The summed E-state index contributed by atoms with van der Waals surface area (Å²) in [6.07, 6.45) is 3.11. The molecule has 1 amide bonds. The van der Waals surface area contributed by atoms with Crippen LogP contribution in [-0.2, 0) is 14.3 Å². The Kier molecular flexibility index (Phi) is 8.59. The van der Waals surface area contributed by atoms with Gasteiger partial charge in [-0.25, -0.2) is 10.2 Å². The Labute approximate surface area is 198 Å². The number of methoxy groups -OCH3 is 1. The van der Waals surface area contributed by atoms with Gasteiger partial charge < -0.3 is 18.9 Å². The SMILES string of the molecule is CCOC(=O)COc1c(Br)cc(/C=N/NC(=O)COc2cccc3cccnc23)cc1OC. The van der Waals surface area contributed by atoms with Gasteiger partial charge in [-0.15, -0.1) is 0 Å². The van der Waals surface area contributed by atoms with E-state index in [1.54, 1.807) is 31.3 Å². The number of ether oxygens (including phenoxy) is 4. The van der Waals surface area contributed by atoms with Crippen LogP contribution < -0.4 is 19.6 Å². The normalized spacial score (nSPS) is 10.8. The van der Waals surface area contributed by atoms with Gasteiger partial charge in [0.25, 0.3) is 5.91 Å². The molecule has 2 aromatic carbocycles. The molecule has 9 nitrogen and oxygen atoms in total. The smallest absolute Gasteiger partial charge is 0.344 e. The molecule has 0 fully saturated rings. The zero-order valence-electron chi connectivity index (χ0n) is 18.0. The Morgan fingerprint density at radius 3 is 2.73 bits per heavy atom. The van der Waals surface area contributed by atoms with E-state index in [4.69, 9.17) is 18.9 Å². The number of benzene rings is 2. The maximum absolute atomic E-state index is 12.1. The molecule has 0 aliphatic carbocycles. The van der Waals surface area contributed by atoms with Crippen LogP contribution in [0.5, 0.6) is 17.2 Å². The second-order valence-electron chi connectivity index (χ2n) is 6.54. The van der Waals surface area contributed by atoms with Crippen molar-refractivity contribution < 1.29 is 28.5 Å². The number of carbonyl (C=O) groups is 2. The van der Waals surface area contributed by atoms with Crippen molar-refractivity contribution in [1.82, 2.24) is 10.4 Å². The van der Waals surface area contributed by atoms with Crippen molar-refractivity contribution in [3.05, 3.63) is 58.7 Å². The van der Waals surface area contributed by atoms with E-state index < -0.39 is 11.9 Å². The van der Waals surface area contributed by atoms with Crippen molar-refractivity contribution in [1.29, 1.82) is 0 Å². The van der Waals surface area contributed by atoms with Crippen LogP contribution >= 0.6 is 15.9 Å². The molecule has 0 aliphatic heterocycles. The molecule has 0 saturated heterocycles. The average molecular weight is 516 g/mol. The maximum Gasteiger partial charge on any atom is 0.344 e. The number of carbonyl (C=O) groups excluding carboxylic acids is 2. The van der Waals surface area contributed by atoms with Crippen molar-refractivity contribution in [2.24, 2.45) is 5.10 Å². The predicted molar refractivity (Wildman–Crippen MR) is 126 cm³/mol. The summed E-state index contributed by atoms with van der Waals surface area (Å²) in [5.74, 6) is 0.331. The Balaban J connectivity index is 1.58. The Morgan fingerprint density at radius 1 is 1.12 bits per heavy atom. The fourth-order valence-electron chi connectivity index (χ4n) is 2.84. The molecule has 172 valence electrons. The van der Waals surface area contributed by atoms with Crippen LogP contribution in [0.25, 0.3) is 10.9 Å². The third-order valence-electron chi connectivity index (χ3n) is 4.25. The van der Waals surface area contributed by atoms with Gasteiger partial charge in [0.1, 0.15) is 11.3 Å². The number of amides is 1. The third kappa shape index (κ3) is 6.66. The first-order valence-corrected chi connectivity index (χ1v) is 10.8. The first kappa shape index (κ1) is 24.0. The van der Waals surface area contributed by atoms with Gasteiger partial charge in [-0.05, 0) is 52.7 Å². The van der Waals surface area contributed by atoms with Gasteiger partial charge in [0.15, 0.2) is 24.7 Å². The fourth-order valence-corrected chi connectivity index (χ4v) is 3.41. The average Bonchev–Trinajstić information content (AvgIpc) is 2.82. The molecule has 3 aromatic rings. The second kappa shape index (κ2) is 11.8. The molecule has 33 heavy (non-hydrogen) atoms. The minimum Gasteiger partial charge on any atom is -0.493 e. The minimum atomic E-state index is -0.485. The number of nitrogens with zero attached hydrogens (tertiary/aromatic N) is 2. The molecule has 3 rings (SSSR count). The summed E-state index contributed by atoms with van der Waals surface area (Å²) in [6.45, 7) is 1.51. The second-order valence-corrected chi connectivity index (χ2v) is 7.40. The number of fused-ring (bicyclic) bond motifs is 1. The van der Waals surface area contributed by atoms with Crippen LogP contribution in [-0.4, -0.2) is 50.0 Å². The number of nitrogens with one attached hydrogen (secondary N) is 1. The molecular weight excluding hydrogens is 494 g/mol. The highest BCUT2D eigenvalue weighted by atomic mass is 79.9. The first-order chi connectivity index (χ1) is 16.0. The van der Waals surface area contributed by atoms with E-state index in [-0.39, 0.29) is 19.8 Å².